The van der Waals surface area contributed by atoms with Crippen molar-refractivity contribution in [2.45, 2.75) is 245 Å². The van der Waals surface area contributed by atoms with Crippen LogP contribution in [0.25, 0.3) is 0 Å². The highest BCUT2D eigenvalue weighted by Gasteiger charge is 2.19. The Morgan fingerprint density at radius 1 is 0.338 bits per heavy atom. The average Bonchev–Trinajstić information content (AvgIpc) is 3.30. The second kappa shape index (κ2) is 52.9. The number of carbonyl (C=O) groups excluding carboxylic acids is 3. The molecule has 0 saturated carbocycles. The number of allylic oxidation sites excluding steroid dienone is 16. The molecule has 0 radical (unpaired) electrons. The number of rotatable bonds is 47. The van der Waals surface area contributed by atoms with Gasteiger partial charge in [0.2, 0.25) is 0 Å². The molecule has 0 aromatic carbocycles. The monoisotopic (exact) mass is 903 g/mol. The Kier molecular flexibility index (Phi) is 50.0. The zero-order valence-corrected chi connectivity index (χ0v) is 42.2. The van der Waals surface area contributed by atoms with E-state index in [2.05, 4.69) is 93.7 Å². The summed E-state index contributed by atoms with van der Waals surface area (Å²) in [6.07, 6.45) is 69.6. The molecule has 0 aromatic rings. The second-order valence-electron chi connectivity index (χ2n) is 17.5. The van der Waals surface area contributed by atoms with Crippen molar-refractivity contribution in [3.63, 3.8) is 0 Å². The predicted octanol–water partition coefficient (Wildman–Crippen LogP) is 17.8. The van der Waals surface area contributed by atoms with E-state index in [1.54, 1.807) is 0 Å². The number of ether oxygens (including phenoxy) is 3. The third-order valence-corrected chi connectivity index (χ3v) is 11.2. The number of unbranched alkanes of at least 4 members (excludes halogenated alkanes) is 24. The van der Waals surface area contributed by atoms with E-state index in [1.165, 1.54) is 96.3 Å². The van der Waals surface area contributed by atoms with Crippen LogP contribution in [0.15, 0.2) is 97.2 Å². The lowest BCUT2D eigenvalue weighted by atomic mass is 10.0. The highest BCUT2D eigenvalue weighted by molar-refractivity contribution is 5.71. The SMILES string of the molecule is CC/C=C\C/C=C\C/C=C\CCCCC(=O)OCC(COC(=O)CCCCCCC\C=C/C=C\C=C/C=C\C=C/CCC)OC(=O)CCCCCCCCCCCCCCCCCCC. The van der Waals surface area contributed by atoms with Crippen molar-refractivity contribution in [2.24, 2.45) is 0 Å². The summed E-state index contributed by atoms with van der Waals surface area (Å²) in [7, 11) is 0. The second-order valence-corrected chi connectivity index (χ2v) is 17.5. The average molecular weight is 903 g/mol. The fraction of sp³-hybridized carbons (Fsp3) is 0.678. The largest absolute Gasteiger partial charge is 0.462 e. The molecule has 0 aromatic heterocycles. The fourth-order valence-electron chi connectivity index (χ4n) is 7.19. The summed E-state index contributed by atoms with van der Waals surface area (Å²) in [5.74, 6) is -0.963. The molecular formula is C59H98O6. The lowest BCUT2D eigenvalue weighted by Gasteiger charge is -2.18. The molecule has 0 N–H and O–H groups in total. The summed E-state index contributed by atoms with van der Waals surface area (Å²) in [5, 5.41) is 0. The Morgan fingerprint density at radius 3 is 1.17 bits per heavy atom. The van der Waals surface area contributed by atoms with Gasteiger partial charge in [-0.05, 0) is 70.6 Å². The van der Waals surface area contributed by atoms with Gasteiger partial charge in [0.15, 0.2) is 6.10 Å². The lowest BCUT2D eigenvalue weighted by Crippen LogP contribution is -2.30. The van der Waals surface area contributed by atoms with Gasteiger partial charge in [0, 0.05) is 19.3 Å². The Balaban J connectivity index is 4.46. The normalized spacial score (nSPS) is 12.8. The third kappa shape index (κ3) is 51.2. The molecule has 0 heterocycles. The minimum atomic E-state index is -0.803. The quantitative estimate of drug-likeness (QED) is 0.0199. The van der Waals surface area contributed by atoms with Crippen LogP contribution in [0.5, 0.6) is 0 Å². The van der Waals surface area contributed by atoms with E-state index in [0.29, 0.717) is 19.3 Å². The highest BCUT2D eigenvalue weighted by Crippen LogP contribution is 2.15. The van der Waals surface area contributed by atoms with E-state index < -0.39 is 6.10 Å². The molecule has 0 bridgehead atoms. The van der Waals surface area contributed by atoms with Gasteiger partial charge >= 0.3 is 17.9 Å². The van der Waals surface area contributed by atoms with Crippen LogP contribution >= 0.6 is 0 Å². The molecule has 0 saturated heterocycles. The summed E-state index contributed by atoms with van der Waals surface area (Å²) < 4.78 is 16.8. The molecule has 0 aliphatic rings. The number of carbonyl (C=O) groups is 3. The van der Waals surface area contributed by atoms with Crippen LogP contribution in [-0.4, -0.2) is 37.2 Å². The molecule has 0 amide bonds. The zero-order valence-electron chi connectivity index (χ0n) is 42.2. The molecule has 0 rings (SSSR count). The van der Waals surface area contributed by atoms with E-state index in [9.17, 15) is 14.4 Å². The Bertz CT molecular complexity index is 1310. The van der Waals surface area contributed by atoms with Gasteiger partial charge in [-0.25, -0.2) is 0 Å². The molecule has 0 aliphatic heterocycles. The summed E-state index contributed by atoms with van der Waals surface area (Å²) in [6.45, 7) is 6.38. The van der Waals surface area contributed by atoms with E-state index >= 15 is 0 Å². The van der Waals surface area contributed by atoms with Crippen molar-refractivity contribution in [2.75, 3.05) is 13.2 Å². The van der Waals surface area contributed by atoms with Gasteiger partial charge in [-0.15, -0.1) is 0 Å². The molecule has 6 nitrogen and oxygen atoms in total. The Morgan fingerprint density at radius 2 is 0.692 bits per heavy atom. The predicted molar refractivity (Wildman–Crippen MR) is 279 cm³/mol. The number of hydrogen-bond acceptors (Lipinski definition) is 6. The summed E-state index contributed by atoms with van der Waals surface area (Å²) in [6, 6.07) is 0. The maximum Gasteiger partial charge on any atom is 0.306 e. The van der Waals surface area contributed by atoms with Crippen molar-refractivity contribution in [1.29, 1.82) is 0 Å². The Hall–Kier alpha value is -3.67. The van der Waals surface area contributed by atoms with Crippen LogP contribution in [0.4, 0.5) is 0 Å². The van der Waals surface area contributed by atoms with Crippen LogP contribution in [0, 0.1) is 0 Å². The summed E-state index contributed by atoms with van der Waals surface area (Å²) in [4.78, 5) is 38.0. The van der Waals surface area contributed by atoms with Gasteiger partial charge in [0.25, 0.3) is 0 Å². The lowest BCUT2D eigenvalue weighted by molar-refractivity contribution is -0.167. The highest BCUT2D eigenvalue weighted by atomic mass is 16.6. The molecule has 65 heavy (non-hydrogen) atoms. The van der Waals surface area contributed by atoms with Gasteiger partial charge in [-0.1, -0.05) is 246 Å². The van der Waals surface area contributed by atoms with E-state index in [0.717, 1.165) is 103 Å². The third-order valence-electron chi connectivity index (χ3n) is 11.2. The molecule has 0 aliphatic carbocycles. The molecule has 0 spiro atoms. The number of esters is 3. The van der Waals surface area contributed by atoms with E-state index in [1.807, 2.05) is 24.3 Å². The minimum Gasteiger partial charge on any atom is -0.462 e. The van der Waals surface area contributed by atoms with Gasteiger partial charge in [-0.2, -0.15) is 0 Å². The van der Waals surface area contributed by atoms with Crippen molar-refractivity contribution in [1.82, 2.24) is 0 Å². The van der Waals surface area contributed by atoms with Gasteiger partial charge in [0.05, 0.1) is 0 Å². The van der Waals surface area contributed by atoms with E-state index in [-0.39, 0.29) is 31.1 Å². The molecule has 0 fully saturated rings. The van der Waals surface area contributed by atoms with E-state index in [4.69, 9.17) is 14.2 Å². The van der Waals surface area contributed by atoms with Crippen LogP contribution < -0.4 is 0 Å². The molecule has 1 atom stereocenters. The van der Waals surface area contributed by atoms with Gasteiger partial charge < -0.3 is 14.2 Å². The van der Waals surface area contributed by atoms with Crippen molar-refractivity contribution >= 4 is 17.9 Å². The van der Waals surface area contributed by atoms with Crippen LogP contribution in [0.2, 0.25) is 0 Å². The molecule has 1 unspecified atom stereocenters. The summed E-state index contributed by atoms with van der Waals surface area (Å²) in [5.41, 5.74) is 0. The molecule has 6 heteroatoms. The molecule has 370 valence electrons. The maximum absolute atomic E-state index is 12.8. The maximum atomic E-state index is 12.8. The van der Waals surface area contributed by atoms with Crippen LogP contribution in [0.1, 0.15) is 239 Å². The summed E-state index contributed by atoms with van der Waals surface area (Å²) >= 11 is 0. The first kappa shape index (κ1) is 61.3. The first-order valence-corrected chi connectivity index (χ1v) is 26.8. The number of hydrogen-bond donors (Lipinski definition) is 0. The Labute approximate surface area is 400 Å². The minimum absolute atomic E-state index is 0.102. The van der Waals surface area contributed by atoms with Crippen LogP contribution in [0.3, 0.4) is 0 Å². The van der Waals surface area contributed by atoms with Crippen molar-refractivity contribution in [3.05, 3.63) is 97.2 Å². The van der Waals surface area contributed by atoms with Gasteiger partial charge in [0.1, 0.15) is 13.2 Å². The van der Waals surface area contributed by atoms with Crippen molar-refractivity contribution in [3.8, 4) is 0 Å². The molecular weight excluding hydrogens is 805 g/mol. The smallest absolute Gasteiger partial charge is 0.306 e. The zero-order chi connectivity index (χ0) is 47.2. The standard InChI is InChI=1S/C59H98O6/c1-4-7-10-13-16-19-22-25-27-29-31-32-34-37-40-43-46-49-52-58(61)64-55-56(54-63-57(60)51-48-45-42-39-36-24-21-18-15-12-9-6-3)65-59(62)53-50-47-44-41-38-35-33-30-28-26-23-20-17-14-11-8-5-2/h9-10,12-13,16,18-19,21-22,25,27,29,31-32,36,39,56H,4-8,11,14-15,17,20,23-24,26,28,30,33-35,37-38,40-55H2,1-3H3/b12-9-,13-10-,19-16-,21-18-,25-22-,29-27-,32-31-,39-36-. The fourth-order valence-corrected chi connectivity index (χ4v) is 7.19. The first-order valence-electron chi connectivity index (χ1n) is 26.8. The van der Waals surface area contributed by atoms with Crippen LogP contribution in [-0.2, 0) is 28.6 Å². The van der Waals surface area contributed by atoms with Gasteiger partial charge in [-0.3, -0.25) is 14.4 Å². The first-order chi connectivity index (χ1) is 32.0. The topological polar surface area (TPSA) is 78.9 Å². The van der Waals surface area contributed by atoms with Crippen molar-refractivity contribution < 1.29 is 28.6 Å².